The zero-order chi connectivity index (χ0) is 21.5. The second kappa shape index (κ2) is 7.31. The van der Waals surface area contributed by atoms with Crippen molar-refractivity contribution in [3.05, 3.63) is 39.4 Å². The molecule has 154 valence electrons. The van der Waals surface area contributed by atoms with Gasteiger partial charge in [-0.1, -0.05) is 18.3 Å². The van der Waals surface area contributed by atoms with Crippen LogP contribution in [0.5, 0.6) is 0 Å². The minimum Gasteiger partial charge on any atom is -0.326 e. The molecule has 6 nitrogen and oxygen atoms in total. The number of rotatable bonds is 3. The van der Waals surface area contributed by atoms with E-state index < -0.39 is 59.7 Å². The number of aromatic nitrogens is 2. The molecule has 0 aliphatic carbocycles. The largest absolute Gasteiger partial charge is 0.427 e. The zero-order valence-electron chi connectivity index (χ0n) is 14.1. The van der Waals surface area contributed by atoms with Crippen LogP contribution in [0.15, 0.2) is 28.3 Å². The van der Waals surface area contributed by atoms with Gasteiger partial charge in [0.1, 0.15) is 10.6 Å². The van der Waals surface area contributed by atoms with Crippen LogP contribution in [0.25, 0.3) is 0 Å². The average molecular weight is 447 g/mol. The first-order valence-corrected chi connectivity index (χ1v) is 9.76. The lowest BCUT2D eigenvalue weighted by molar-refractivity contribution is -0.138. The number of sulfone groups is 1. The van der Waals surface area contributed by atoms with E-state index in [2.05, 4.69) is 9.98 Å². The van der Waals surface area contributed by atoms with E-state index in [0.29, 0.717) is 6.20 Å². The van der Waals surface area contributed by atoms with Crippen LogP contribution in [0.3, 0.4) is 0 Å². The van der Waals surface area contributed by atoms with Crippen LogP contribution >= 0.6 is 11.3 Å². The van der Waals surface area contributed by atoms with Crippen LogP contribution in [0.2, 0.25) is 0 Å². The number of carbonyl (C=O) groups is 1. The third-order valence-electron chi connectivity index (χ3n) is 3.39. The maximum atomic E-state index is 12.9. The molecular weight excluding hydrogens is 436 g/mol. The Hall–Kier alpha value is -2.22. The van der Waals surface area contributed by atoms with E-state index in [1.54, 1.807) is 0 Å². The molecule has 2 aromatic rings. The van der Waals surface area contributed by atoms with Gasteiger partial charge in [0, 0.05) is 19.4 Å². The molecule has 0 spiro atoms. The average Bonchev–Trinajstić information content (AvgIpc) is 2.94. The summed E-state index contributed by atoms with van der Waals surface area (Å²) in [5.74, 6) is -2.01. The monoisotopic (exact) mass is 447 g/mol. The van der Waals surface area contributed by atoms with E-state index in [1.165, 1.54) is 7.05 Å². The number of pyridine rings is 1. The molecule has 2 aromatic heterocycles. The van der Waals surface area contributed by atoms with Gasteiger partial charge in [-0.25, -0.2) is 13.4 Å². The Morgan fingerprint density at radius 3 is 2.29 bits per heavy atom. The Morgan fingerprint density at radius 1 is 1.21 bits per heavy atom. The fraction of sp³-hybridized carbons (Fsp3) is 0.357. The number of halogens is 6. The Kier molecular flexibility index (Phi) is 5.76. The predicted molar refractivity (Wildman–Crippen MR) is 85.2 cm³/mol. The van der Waals surface area contributed by atoms with Crippen LogP contribution in [0.4, 0.5) is 26.3 Å². The highest BCUT2D eigenvalue weighted by Gasteiger charge is 2.35. The normalized spacial score (nSPS) is 13.8. The molecule has 28 heavy (non-hydrogen) atoms. The van der Waals surface area contributed by atoms with Gasteiger partial charge in [-0.2, -0.15) is 31.3 Å². The molecule has 0 atom stereocenters. The minimum absolute atomic E-state index is 0.109. The van der Waals surface area contributed by atoms with E-state index in [4.69, 9.17) is 0 Å². The number of alkyl halides is 6. The second-order valence-corrected chi connectivity index (χ2v) is 8.63. The van der Waals surface area contributed by atoms with Crippen molar-refractivity contribution in [2.75, 3.05) is 5.75 Å². The highest BCUT2D eigenvalue weighted by Crippen LogP contribution is 2.32. The summed E-state index contributed by atoms with van der Waals surface area (Å²) in [6.07, 6.45) is -8.68. The first-order chi connectivity index (χ1) is 12.7. The lowest BCUT2D eigenvalue weighted by Crippen LogP contribution is -2.18. The van der Waals surface area contributed by atoms with Crippen molar-refractivity contribution in [3.63, 3.8) is 0 Å². The van der Waals surface area contributed by atoms with E-state index in [9.17, 15) is 39.6 Å². The van der Waals surface area contributed by atoms with Crippen LogP contribution in [0.1, 0.15) is 27.9 Å². The molecule has 0 radical (unpaired) electrons. The lowest BCUT2D eigenvalue weighted by atomic mass is 10.2. The smallest absolute Gasteiger partial charge is 0.326 e. The van der Waals surface area contributed by atoms with Gasteiger partial charge in [0.15, 0.2) is 14.6 Å². The number of hydrogen-bond acceptors (Lipinski definition) is 5. The van der Waals surface area contributed by atoms with Crippen LogP contribution in [-0.2, 0) is 29.2 Å². The van der Waals surface area contributed by atoms with E-state index in [0.717, 1.165) is 11.5 Å². The molecule has 0 aromatic carbocycles. The third kappa shape index (κ3) is 4.60. The molecular formula is C14H11F6N3O3S2. The lowest BCUT2D eigenvalue weighted by Gasteiger charge is -2.10. The van der Waals surface area contributed by atoms with Gasteiger partial charge in [-0.3, -0.25) is 4.79 Å². The molecule has 0 fully saturated rings. The summed E-state index contributed by atoms with van der Waals surface area (Å²) in [5.41, 5.74) is -2.30. The SMILES string of the molecule is CCS(=O)(=O)c1cc(C(F)(F)F)cnc1C(=O)N=c1sc(C(F)(F)F)cn1C. The molecule has 0 N–H and O–H groups in total. The van der Waals surface area contributed by atoms with E-state index >= 15 is 0 Å². The molecule has 1 amide bonds. The van der Waals surface area contributed by atoms with Crippen molar-refractivity contribution >= 4 is 27.1 Å². The third-order valence-corrected chi connectivity index (χ3v) is 6.25. The fourth-order valence-electron chi connectivity index (χ4n) is 1.95. The standard InChI is InChI=1S/C14H11F6N3O3S2/c1-3-28(25,26)8-4-7(13(15,16)17)5-21-10(8)11(24)22-12-23(2)6-9(27-12)14(18,19)20/h4-6H,3H2,1-2H3. The molecule has 2 heterocycles. The summed E-state index contributed by atoms with van der Waals surface area (Å²) >= 11 is 0.109. The fourth-order valence-corrected chi connectivity index (χ4v) is 3.85. The Bertz CT molecular complexity index is 1080. The molecule has 0 bridgehead atoms. The van der Waals surface area contributed by atoms with Crippen LogP contribution in [0, 0.1) is 0 Å². The summed E-state index contributed by atoms with van der Waals surface area (Å²) in [6, 6.07) is 0.254. The summed E-state index contributed by atoms with van der Waals surface area (Å²) in [7, 11) is -3.14. The number of aryl methyl sites for hydroxylation is 1. The molecule has 14 heteroatoms. The number of carbonyl (C=O) groups excluding carboxylic acids is 1. The van der Waals surface area contributed by atoms with Gasteiger partial charge in [-0.05, 0) is 6.07 Å². The highest BCUT2D eigenvalue weighted by molar-refractivity contribution is 7.91. The topological polar surface area (TPSA) is 81.4 Å². The van der Waals surface area contributed by atoms with Crippen molar-refractivity contribution < 1.29 is 39.6 Å². The van der Waals surface area contributed by atoms with Gasteiger partial charge in [0.25, 0.3) is 5.91 Å². The summed E-state index contributed by atoms with van der Waals surface area (Å²) < 4.78 is 102. The highest BCUT2D eigenvalue weighted by atomic mass is 32.2. The van der Waals surface area contributed by atoms with Gasteiger partial charge in [0.2, 0.25) is 0 Å². The van der Waals surface area contributed by atoms with Gasteiger partial charge < -0.3 is 4.57 Å². The van der Waals surface area contributed by atoms with Crippen molar-refractivity contribution in [2.45, 2.75) is 24.2 Å². The summed E-state index contributed by atoms with van der Waals surface area (Å²) in [6.45, 7) is 1.15. The number of hydrogen-bond donors (Lipinski definition) is 0. The minimum atomic E-state index is -4.91. The van der Waals surface area contributed by atoms with Crippen molar-refractivity contribution in [2.24, 2.45) is 12.0 Å². The summed E-state index contributed by atoms with van der Waals surface area (Å²) in [4.78, 5) is 16.5. The number of thiazole rings is 1. The van der Waals surface area contributed by atoms with Gasteiger partial charge in [0.05, 0.1) is 16.2 Å². The summed E-state index contributed by atoms with van der Waals surface area (Å²) in [5, 5.41) is 0. The molecule has 0 saturated heterocycles. The van der Waals surface area contributed by atoms with Crippen LogP contribution in [-0.4, -0.2) is 29.6 Å². The Labute approximate surface area is 158 Å². The number of nitrogens with zero attached hydrogens (tertiary/aromatic N) is 3. The second-order valence-electron chi connectivity index (χ2n) is 5.38. The maximum absolute atomic E-state index is 12.9. The van der Waals surface area contributed by atoms with E-state index in [1.807, 2.05) is 0 Å². The predicted octanol–water partition coefficient (Wildman–Crippen LogP) is 3.05. The van der Waals surface area contributed by atoms with E-state index in [-0.39, 0.29) is 23.6 Å². The van der Waals surface area contributed by atoms with Crippen molar-refractivity contribution in [1.82, 2.24) is 9.55 Å². The quantitative estimate of drug-likeness (QED) is 0.678. The van der Waals surface area contributed by atoms with Gasteiger partial charge >= 0.3 is 12.4 Å². The first-order valence-electron chi connectivity index (χ1n) is 7.29. The molecule has 0 unspecified atom stereocenters. The molecule has 0 aliphatic rings. The van der Waals surface area contributed by atoms with Crippen LogP contribution < -0.4 is 4.80 Å². The Balaban J connectivity index is 2.65. The van der Waals surface area contributed by atoms with Gasteiger partial charge in [-0.15, -0.1) is 0 Å². The van der Waals surface area contributed by atoms with Crippen molar-refractivity contribution in [1.29, 1.82) is 0 Å². The zero-order valence-corrected chi connectivity index (χ0v) is 15.7. The first kappa shape index (κ1) is 22.1. The Morgan fingerprint density at radius 2 is 1.82 bits per heavy atom. The molecule has 0 saturated carbocycles. The van der Waals surface area contributed by atoms with Crippen molar-refractivity contribution in [3.8, 4) is 0 Å². The maximum Gasteiger partial charge on any atom is 0.427 e. The number of amides is 1. The molecule has 2 rings (SSSR count). The molecule has 0 aliphatic heterocycles.